The van der Waals surface area contributed by atoms with E-state index in [1.807, 2.05) is 18.2 Å². The topological polar surface area (TPSA) is 81.8 Å². The highest BCUT2D eigenvalue weighted by Crippen LogP contribution is 2.31. The number of hydrogen-bond acceptors (Lipinski definition) is 3. The molecule has 0 radical (unpaired) electrons. The van der Waals surface area contributed by atoms with Crippen molar-refractivity contribution in [2.45, 2.75) is 24.9 Å². The molecule has 5 rings (SSSR count). The zero-order valence-electron chi connectivity index (χ0n) is 20.3. The van der Waals surface area contributed by atoms with Gasteiger partial charge in [0.05, 0.1) is 22.6 Å². The first-order valence-electron chi connectivity index (χ1n) is 12.3. The number of carbonyl (C=O) groups excluding carboxylic acids is 3. The Labute approximate surface area is 235 Å². The van der Waals surface area contributed by atoms with Gasteiger partial charge >= 0.3 is 6.03 Å². The molecular weight excluding hydrogens is 547 g/mol. The van der Waals surface area contributed by atoms with Gasteiger partial charge in [-0.3, -0.25) is 9.59 Å². The molecule has 0 saturated carbocycles. The summed E-state index contributed by atoms with van der Waals surface area (Å²) >= 11 is 18.1. The van der Waals surface area contributed by atoms with E-state index in [2.05, 4.69) is 16.7 Å². The number of hydrogen-bond donors (Lipinski definition) is 2. The van der Waals surface area contributed by atoms with Gasteiger partial charge in [0.25, 0.3) is 5.91 Å². The summed E-state index contributed by atoms with van der Waals surface area (Å²) in [5, 5.41) is 7.14. The van der Waals surface area contributed by atoms with E-state index in [9.17, 15) is 14.4 Å². The van der Waals surface area contributed by atoms with Gasteiger partial charge in [-0.25, -0.2) is 4.79 Å². The number of urea groups is 1. The Morgan fingerprint density at radius 2 is 1.63 bits per heavy atom. The van der Waals surface area contributed by atoms with Gasteiger partial charge < -0.3 is 20.4 Å². The Kier molecular flexibility index (Phi) is 7.79. The van der Waals surface area contributed by atoms with E-state index in [0.717, 1.165) is 18.4 Å². The van der Waals surface area contributed by atoms with E-state index >= 15 is 0 Å². The maximum absolute atomic E-state index is 13.7. The minimum atomic E-state index is -0.876. The van der Waals surface area contributed by atoms with Gasteiger partial charge in [-0.2, -0.15) is 0 Å². The molecule has 196 valence electrons. The molecule has 38 heavy (non-hydrogen) atoms. The fraction of sp³-hybridized carbons (Fsp3) is 0.250. The summed E-state index contributed by atoms with van der Waals surface area (Å²) in [6, 6.07) is 18.0. The Morgan fingerprint density at radius 3 is 2.39 bits per heavy atom. The van der Waals surface area contributed by atoms with Crippen LogP contribution in [0.15, 0.2) is 66.7 Å². The number of rotatable bonds is 4. The standard InChI is InChI=1S/C28H25Cl3N4O3/c29-19-8-5-18(6-9-19)27(37)35-14-13-34(28(38)32-20-10-11-22(30)23(31)15-20)16-25(35)26(36)33-24-12-7-17-3-1-2-4-21(17)24/h1-6,8-11,15,24-25H,7,12-14,16H2,(H,32,38)(H,33,36). The Hall–Kier alpha value is -3.26. The fourth-order valence-electron chi connectivity index (χ4n) is 4.94. The van der Waals surface area contributed by atoms with Gasteiger partial charge in [-0.05, 0) is 66.4 Å². The summed E-state index contributed by atoms with van der Waals surface area (Å²) in [5.41, 5.74) is 3.19. The van der Waals surface area contributed by atoms with Gasteiger partial charge in [0.15, 0.2) is 0 Å². The number of piperazine rings is 1. The van der Waals surface area contributed by atoms with Crippen LogP contribution in [0.2, 0.25) is 15.1 Å². The van der Waals surface area contributed by atoms with Crippen molar-refractivity contribution in [3.05, 3.63) is 98.5 Å². The molecule has 1 fully saturated rings. The van der Waals surface area contributed by atoms with Crippen LogP contribution in [-0.2, 0) is 11.2 Å². The quantitative estimate of drug-likeness (QED) is 0.415. The van der Waals surface area contributed by atoms with Crippen molar-refractivity contribution in [1.29, 1.82) is 0 Å². The predicted molar refractivity (Wildman–Crippen MR) is 149 cm³/mol. The molecule has 2 N–H and O–H groups in total. The van der Waals surface area contributed by atoms with Crippen LogP contribution in [0, 0.1) is 0 Å². The normalized spacial score (nSPS) is 18.6. The van der Waals surface area contributed by atoms with Gasteiger partial charge in [0.2, 0.25) is 5.91 Å². The average molecular weight is 572 g/mol. The lowest BCUT2D eigenvalue weighted by Gasteiger charge is -2.41. The zero-order valence-corrected chi connectivity index (χ0v) is 22.6. The smallest absolute Gasteiger partial charge is 0.321 e. The van der Waals surface area contributed by atoms with Crippen molar-refractivity contribution in [1.82, 2.24) is 15.1 Å². The molecular formula is C28H25Cl3N4O3. The monoisotopic (exact) mass is 570 g/mol. The van der Waals surface area contributed by atoms with Crippen LogP contribution in [0.25, 0.3) is 0 Å². The van der Waals surface area contributed by atoms with Crippen LogP contribution < -0.4 is 10.6 Å². The Balaban J connectivity index is 1.36. The summed E-state index contributed by atoms with van der Waals surface area (Å²) in [7, 11) is 0. The maximum atomic E-state index is 13.7. The summed E-state index contributed by atoms with van der Waals surface area (Å²) in [6.07, 6.45) is 1.65. The Morgan fingerprint density at radius 1 is 0.868 bits per heavy atom. The van der Waals surface area contributed by atoms with Crippen LogP contribution in [-0.4, -0.2) is 53.3 Å². The van der Waals surface area contributed by atoms with E-state index < -0.39 is 12.1 Å². The number of nitrogens with one attached hydrogen (secondary N) is 2. The lowest BCUT2D eigenvalue weighted by molar-refractivity contribution is -0.127. The number of amides is 4. The van der Waals surface area contributed by atoms with Crippen molar-refractivity contribution in [2.75, 3.05) is 25.0 Å². The fourth-order valence-corrected chi connectivity index (χ4v) is 5.37. The highest BCUT2D eigenvalue weighted by atomic mass is 35.5. The predicted octanol–water partition coefficient (Wildman–Crippen LogP) is 5.81. The van der Waals surface area contributed by atoms with Gasteiger partial charge in [-0.15, -0.1) is 0 Å². The molecule has 3 aromatic carbocycles. The van der Waals surface area contributed by atoms with E-state index in [1.165, 1.54) is 15.4 Å². The molecule has 4 amide bonds. The van der Waals surface area contributed by atoms with Gasteiger partial charge in [-0.1, -0.05) is 59.1 Å². The van der Waals surface area contributed by atoms with Gasteiger partial charge in [0.1, 0.15) is 6.04 Å². The summed E-state index contributed by atoms with van der Waals surface area (Å²) in [5.74, 6) is -0.598. The van der Waals surface area contributed by atoms with Crippen molar-refractivity contribution >= 4 is 58.3 Å². The highest BCUT2D eigenvalue weighted by molar-refractivity contribution is 6.42. The van der Waals surface area contributed by atoms with Crippen LogP contribution in [0.3, 0.4) is 0 Å². The first-order chi connectivity index (χ1) is 18.3. The van der Waals surface area contributed by atoms with Crippen LogP contribution >= 0.6 is 34.8 Å². The third-order valence-electron chi connectivity index (χ3n) is 6.94. The van der Waals surface area contributed by atoms with E-state index in [4.69, 9.17) is 34.8 Å². The van der Waals surface area contributed by atoms with E-state index in [-0.39, 0.29) is 37.5 Å². The van der Waals surface area contributed by atoms with Crippen molar-refractivity contribution < 1.29 is 14.4 Å². The molecule has 2 unspecified atom stereocenters. The second-order valence-corrected chi connectivity index (χ2v) is 10.6. The molecule has 1 saturated heterocycles. The number of halogens is 3. The number of benzene rings is 3. The number of fused-ring (bicyclic) bond motifs is 1. The number of carbonyl (C=O) groups is 3. The largest absolute Gasteiger partial charge is 0.347 e. The molecule has 1 heterocycles. The minimum Gasteiger partial charge on any atom is -0.347 e. The third-order valence-corrected chi connectivity index (χ3v) is 7.93. The molecule has 2 aliphatic rings. The minimum absolute atomic E-state index is 0.0344. The SMILES string of the molecule is O=C(NC1CCc2ccccc21)C1CN(C(=O)Nc2ccc(Cl)c(Cl)c2)CCN1C(=O)c1ccc(Cl)cc1. The molecule has 0 spiro atoms. The van der Waals surface area contributed by atoms with Crippen LogP contribution in [0.5, 0.6) is 0 Å². The second-order valence-electron chi connectivity index (χ2n) is 9.32. The molecule has 10 heteroatoms. The maximum Gasteiger partial charge on any atom is 0.321 e. The molecule has 2 atom stereocenters. The van der Waals surface area contributed by atoms with Crippen molar-refractivity contribution in [2.24, 2.45) is 0 Å². The lowest BCUT2D eigenvalue weighted by atomic mass is 10.1. The lowest BCUT2D eigenvalue weighted by Crippen LogP contribution is -2.62. The average Bonchev–Trinajstić information content (AvgIpc) is 3.33. The molecule has 3 aromatic rings. The van der Waals surface area contributed by atoms with Crippen LogP contribution in [0.1, 0.15) is 33.9 Å². The molecule has 0 aromatic heterocycles. The van der Waals surface area contributed by atoms with Crippen molar-refractivity contribution in [3.63, 3.8) is 0 Å². The second kappa shape index (κ2) is 11.2. The van der Waals surface area contributed by atoms with E-state index in [0.29, 0.717) is 26.3 Å². The molecule has 0 bridgehead atoms. The third kappa shape index (κ3) is 5.60. The summed E-state index contributed by atoms with van der Waals surface area (Å²) in [4.78, 5) is 43.3. The number of anilines is 1. The first kappa shape index (κ1) is 26.4. The summed E-state index contributed by atoms with van der Waals surface area (Å²) in [6.45, 7) is 0.477. The Bertz CT molecular complexity index is 1380. The highest BCUT2D eigenvalue weighted by Gasteiger charge is 2.38. The number of aryl methyl sites for hydroxylation is 1. The first-order valence-corrected chi connectivity index (χ1v) is 13.4. The molecule has 1 aliphatic carbocycles. The molecule has 7 nitrogen and oxygen atoms in total. The number of nitrogens with zero attached hydrogens (tertiary/aromatic N) is 2. The zero-order chi connectivity index (χ0) is 26.8. The van der Waals surface area contributed by atoms with Crippen LogP contribution in [0.4, 0.5) is 10.5 Å². The summed E-state index contributed by atoms with van der Waals surface area (Å²) < 4.78 is 0. The molecule has 1 aliphatic heterocycles. The van der Waals surface area contributed by atoms with Crippen molar-refractivity contribution in [3.8, 4) is 0 Å². The van der Waals surface area contributed by atoms with Gasteiger partial charge in [0, 0.05) is 29.4 Å². The van der Waals surface area contributed by atoms with E-state index in [1.54, 1.807) is 42.5 Å².